The Kier molecular flexibility index (Phi) is 5.94. The molecule has 0 unspecified atom stereocenters. The van der Waals surface area contributed by atoms with E-state index in [1.54, 1.807) is 6.20 Å². The summed E-state index contributed by atoms with van der Waals surface area (Å²) in [5.41, 5.74) is 1.46. The number of esters is 1. The number of aromatic nitrogens is 4. The maximum absolute atomic E-state index is 11.1. The molecule has 0 fully saturated rings. The van der Waals surface area contributed by atoms with Crippen LogP contribution in [0.5, 0.6) is 0 Å². The molecule has 25 heavy (non-hydrogen) atoms. The zero-order valence-corrected chi connectivity index (χ0v) is 17.0. The number of rotatable bonds is 7. The Labute approximate surface area is 149 Å². The lowest BCUT2D eigenvalue weighted by atomic mass is 10.2. The van der Waals surface area contributed by atoms with Crippen molar-refractivity contribution in [2.45, 2.75) is 65.4 Å². The molecule has 2 aromatic rings. The first kappa shape index (κ1) is 19.5. The molecule has 0 atom stereocenters. The summed E-state index contributed by atoms with van der Waals surface area (Å²) in [6, 6.07) is 0. The summed E-state index contributed by atoms with van der Waals surface area (Å²) in [6.45, 7) is 14.1. The van der Waals surface area contributed by atoms with Gasteiger partial charge in [-0.25, -0.2) is 15.0 Å². The minimum atomic E-state index is -1.74. The van der Waals surface area contributed by atoms with E-state index in [1.165, 1.54) is 13.3 Å². The first-order valence-corrected chi connectivity index (χ1v) is 11.4. The number of imidazole rings is 1. The Morgan fingerprint density at radius 1 is 1.32 bits per heavy atom. The zero-order chi connectivity index (χ0) is 18.7. The normalized spacial score (nSPS) is 12.6. The van der Waals surface area contributed by atoms with Gasteiger partial charge >= 0.3 is 5.97 Å². The molecule has 2 aromatic heterocycles. The van der Waals surface area contributed by atoms with Crippen LogP contribution in [0, 0.1) is 0 Å². The van der Waals surface area contributed by atoms with Gasteiger partial charge in [0.05, 0.1) is 6.20 Å². The number of fused-ring (bicyclic) bond motifs is 1. The van der Waals surface area contributed by atoms with Crippen LogP contribution in [-0.2, 0) is 27.1 Å². The highest BCUT2D eigenvalue weighted by atomic mass is 28.4. The summed E-state index contributed by atoms with van der Waals surface area (Å²) >= 11 is 0. The van der Waals surface area contributed by atoms with Crippen molar-refractivity contribution in [1.29, 1.82) is 0 Å². The van der Waals surface area contributed by atoms with Crippen LogP contribution in [0.1, 0.15) is 39.9 Å². The number of nitrogens with zero attached hydrogens (tertiary/aromatic N) is 4. The van der Waals surface area contributed by atoms with E-state index in [4.69, 9.17) is 9.16 Å². The molecule has 138 valence electrons. The van der Waals surface area contributed by atoms with Crippen molar-refractivity contribution in [3.05, 3.63) is 18.3 Å². The average Bonchev–Trinajstić information content (AvgIpc) is 2.86. The topological polar surface area (TPSA) is 79.1 Å². The van der Waals surface area contributed by atoms with Gasteiger partial charge in [0.25, 0.3) is 0 Å². The third-order valence-corrected chi connectivity index (χ3v) is 9.23. The van der Waals surface area contributed by atoms with E-state index in [2.05, 4.69) is 48.8 Å². The molecule has 2 heterocycles. The molecular formula is C17H28N4O3Si. The van der Waals surface area contributed by atoms with E-state index in [1.807, 2.05) is 4.57 Å². The second kappa shape index (κ2) is 7.61. The molecule has 0 bridgehead atoms. The third kappa shape index (κ3) is 4.85. The molecule has 2 rings (SSSR count). The van der Waals surface area contributed by atoms with Gasteiger partial charge in [0, 0.05) is 20.1 Å². The van der Waals surface area contributed by atoms with Crippen LogP contribution in [0.25, 0.3) is 11.2 Å². The lowest BCUT2D eigenvalue weighted by Gasteiger charge is -2.36. The van der Waals surface area contributed by atoms with Crippen molar-refractivity contribution in [3.63, 3.8) is 0 Å². The van der Waals surface area contributed by atoms with Gasteiger partial charge in [-0.1, -0.05) is 20.8 Å². The predicted octanol–water partition coefficient (Wildman–Crippen LogP) is 3.30. The van der Waals surface area contributed by atoms with Crippen molar-refractivity contribution >= 4 is 25.5 Å². The Morgan fingerprint density at radius 3 is 2.68 bits per heavy atom. The number of hydrogen-bond donors (Lipinski definition) is 0. The Hall–Kier alpha value is -1.80. The molecule has 7 nitrogen and oxygen atoms in total. The lowest BCUT2D eigenvalue weighted by Crippen LogP contribution is -2.41. The molecule has 0 aliphatic carbocycles. The smallest absolute Gasteiger partial charge is 0.303 e. The molecule has 0 N–H and O–H groups in total. The van der Waals surface area contributed by atoms with Crippen LogP contribution in [-0.4, -0.2) is 40.4 Å². The van der Waals surface area contributed by atoms with Gasteiger partial charge in [0.2, 0.25) is 0 Å². The quantitative estimate of drug-likeness (QED) is 0.426. The van der Waals surface area contributed by atoms with Crippen LogP contribution in [0.3, 0.4) is 0 Å². The maximum atomic E-state index is 11.1. The van der Waals surface area contributed by atoms with E-state index < -0.39 is 8.32 Å². The van der Waals surface area contributed by atoms with E-state index in [0.717, 1.165) is 12.1 Å². The molecule has 0 spiro atoms. The SMILES string of the molecule is CC(=O)OCc1nc2cncnc2n1CCCO[Si](C)(C)C(C)(C)C. The predicted molar refractivity (Wildman–Crippen MR) is 98.6 cm³/mol. The molecule has 8 heteroatoms. The minimum absolute atomic E-state index is 0.134. The second-order valence-corrected chi connectivity index (χ2v) is 12.5. The van der Waals surface area contributed by atoms with Crippen molar-refractivity contribution in [2.75, 3.05) is 6.61 Å². The lowest BCUT2D eigenvalue weighted by molar-refractivity contribution is -0.142. The fourth-order valence-corrected chi connectivity index (χ4v) is 3.29. The standard InChI is InChI=1S/C17H28N4O3Si/c1-13(22)23-11-15-20-14-10-18-12-19-16(14)21(15)8-7-9-24-25(5,6)17(2,3)4/h10,12H,7-9,11H2,1-6H3. The van der Waals surface area contributed by atoms with Crippen LogP contribution >= 0.6 is 0 Å². The van der Waals surface area contributed by atoms with Crippen LogP contribution in [0.4, 0.5) is 0 Å². The molecule has 0 radical (unpaired) electrons. The van der Waals surface area contributed by atoms with Gasteiger partial charge in [-0.2, -0.15) is 0 Å². The molecule has 0 amide bonds. The highest BCUT2D eigenvalue weighted by Crippen LogP contribution is 2.36. The monoisotopic (exact) mass is 364 g/mol. The third-order valence-electron chi connectivity index (χ3n) is 4.69. The average molecular weight is 365 g/mol. The maximum Gasteiger partial charge on any atom is 0.303 e. The van der Waals surface area contributed by atoms with E-state index in [-0.39, 0.29) is 17.6 Å². The van der Waals surface area contributed by atoms with Crippen LogP contribution < -0.4 is 0 Å². The van der Waals surface area contributed by atoms with Gasteiger partial charge in [-0.3, -0.25) is 4.79 Å². The Bertz CT molecular complexity index is 737. The van der Waals surface area contributed by atoms with Crippen molar-refractivity contribution in [1.82, 2.24) is 19.5 Å². The molecule has 0 aromatic carbocycles. The van der Waals surface area contributed by atoms with Crippen molar-refractivity contribution in [3.8, 4) is 0 Å². The summed E-state index contributed by atoms with van der Waals surface area (Å²) < 4.78 is 13.3. The van der Waals surface area contributed by atoms with Crippen LogP contribution in [0.15, 0.2) is 12.5 Å². The fourth-order valence-electron chi connectivity index (χ4n) is 2.20. The first-order valence-electron chi connectivity index (χ1n) is 8.54. The number of carbonyl (C=O) groups excluding carboxylic acids is 1. The van der Waals surface area contributed by atoms with Gasteiger partial charge in [0.15, 0.2) is 14.0 Å². The van der Waals surface area contributed by atoms with Crippen LogP contribution in [0.2, 0.25) is 18.1 Å². The molecule has 0 saturated heterocycles. The summed E-state index contributed by atoms with van der Waals surface area (Å²) in [6.07, 6.45) is 4.01. The van der Waals surface area contributed by atoms with Gasteiger partial charge < -0.3 is 13.7 Å². The van der Waals surface area contributed by atoms with E-state index in [9.17, 15) is 4.79 Å². The second-order valence-electron chi connectivity index (χ2n) is 7.65. The minimum Gasteiger partial charge on any atom is -0.458 e. The summed E-state index contributed by atoms with van der Waals surface area (Å²) in [5.74, 6) is 0.351. The molecule has 0 aliphatic heterocycles. The highest BCUT2D eigenvalue weighted by molar-refractivity contribution is 6.74. The molecule has 0 saturated carbocycles. The number of aryl methyl sites for hydroxylation is 1. The highest BCUT2D eigenvalue weighted by Gasteiger charge is 2.36. The zero-order valence-electron chi connectivity index (χ0n) is 16.0. The first-order chi connectivity index (χ1) is 11.6. The fraction of sp³-hybridized carbons (Fsp3) is 0.647. The van der Waals surface area contributed by atoms with Crippen molar-refractivity contribution in [2.24, 2.45) is 0 Å². The van der Waals surface area contributed by atoms with E-state index in [0.29, 0.717) is 24.5 Å². The summed E-state index contributed by atoms with van der Waals surface area (Å²) in [5, 5.41) is 0.197. The van der Waals surface area contributed by atoms with E-state index >= 15 is 0 Å². The van der Waals surface area contributed by atoms with Gasteiger partial charge in [0.1, 0.15) is 24.3 Å². The van der Waals surface area contributed by atoms with Gasteiger partial charge in [-0.05, 0) is 24.6 Å². The molecule has 0 aliphatic rings. The number of carbonyl (C=O) groups is 1. The summed E-state index contributed by atoms with van der Waals surface area (Å²) in [4.78, 5) is 23.9. The Morgan fingerprint density at radius 2 is 2.04 bits per heavy atom. The summed E-state index contributed by atoms with van der Waals surface area (Å²) in [7, 11) is -1.74. The van der Waals surface area contributed by atoms with Gasteiger partial charge in [-0.15, -0.1) is 0 Å². The number of ether oxygens (including phenoxy) is 1. The molecular weight excluding hydrogens is 336 g/mol. The number of hydrogen-bond acceptors (Lipinski definition) is 6. The van der Waals surface area contributed by atoms with Crippen molar-refractivity contribution < 1.29 is 14.0 Å². The Balaban J connectivity index is 2.06. The largest absolute Gasteiger partial charge is 0.458 e.